The lowest BCUT2D eigenvalue weighted by Gasteiger charge is -2.28. The van der Waals surface area contributed by atoms with Gasteiger partial charge in [-0.15, -0.1) is 0 Å². The van der Waals surface area contributed by atoms with Crippen LogP contribution in [0.3, 0.4) is 0 Å². The van der Waals surface area contributed by atoms with E-state index < -0.39 is 5.69 Å². The van der Waals surface area contributed by atoms with Crippen molar-refractivity contribution < 1.29 is 0 Å². The van der Waals surface area contributed by atoms with Crippen molar-refractivity contribution in [2.24, 2.45) is 0 Å². The largest absolute Gasteiger partial charge is 0.355 e. The van der Waals surface area contributed by atoms with Gasteiger partial charge < -0.3 is 10.2 Å². The van der Waals surface area contributed by atoms with Gasteiger partial charge in [-0.3, -0.25) is 4.98 Å². The molecule has 20 heavy (non-hydrogen) atoms. The molecule has 3 rings (SSSR count). The molecule has 0 amide bonds. The number of nitrogens with one attached hydrogen (secondary N) is 2. The molecule has 2 aliphatic rings. The van der Waals surface area contributed by atoms with E-state index in [4.69, 9.17) is 0 Å². The van der Waals surface area contributed by atoms with Crippen molar-refractivity contribution in [2.45, 2.75) is 38.1 Å². The molecule has 110 valence electrons. The number of anilines is 1. The van der Waals surface area contributed by atoms with Gasteiger partial charge in [-0.25, -0.2) is 14.2 Å². The predicted octanol–water partition coefficient (Wildman–Crippen LogP) is -0.154. The van der Waals surface area contributed by atoms with Gasteiger partial charge in [0.2, 0.25) is 5.95 Å². The Morgan fingerprint density at radius 1 is 1.05 bits per heavy atom. The number of aromatic nitrogens is 3. The smallest absolute Gasteiger partial charge is 0.340 e. The van der Waals surface area contributed by atoms with Crippen LogP contribution in [-0.2, 0) is 0 Å². The van der Waals surface area contributed by atoms with Crippen molar-refractivity contribution in [1.82, 2.24) is 19.9 Å². The van der Waals surface area contributed by atoms with Crippen LogP contribution in [0.2, 0.25) is 0 Å². The highest BCUT2D eigenvalue weighted by molar-refractivity contribution is 5.28. The fourth-order valence-electron chi connectivity index (χ4n) is 3.10. The Labute approximate surface area is 117 Å². The standard InChI is InChI=1S/C13H21N5O2/c19-12-15-11(17-8-6-14-7-9-17)16-13(20)18(12)10-4-2-1-3-5-10/h10,14H,1-9H2,(H,15,16,19,20). The van der Waals surface area contributed by atoms with Crippen LogP contribution in [0.4, 0.5) is 5.95 Å². The average molecular weight is 279 g/mol. The number of rotatable bonds is 2. The van der Waals surface area contributed by atoms with Gasteiger partial charge in [-0.1, -0.05) is 19.3 Å². The molecule has 1 aromatic heterocycles. The van der Waals surface area contributed by atoms with Crippen LogP contribution in [0.25, 0.3) is 0 Å². The molecule has 0 bridgehead atoms. The van der Waals surface area contributed by atoms with Gasteiger partial charge in [0.25, 0.3) is 0 Å². The molecule has 7 nitrogen and oxygen atoms in total. The minimum atomic E-state index is -0.408. The van der Waals surface area contributed by atoms with Crippen molar-refractivity contribution in [2.75, 3.05) is 31.1 Å². The maximum absolute atomic E-state index is 12.2. The zero-order chi connectivity index (χ0) is 13.9. The quantitative estimate of drug-likeness (QED) is 0.786. The molecule has 0 unspecified atom stereocenters. The minimum Gasteiger partial charge on any atom is -0.340 e. The molecule has 0 aromatic carbocycles. The summed E-state index contributed by atoms with van der Waals surface area (Å²) < 4.78 is 1.31. The Hall–Kier alpha value is -1.63. The lowest BCUT2D eigenvalue weighted by Crippen LogP contribution is -2.48. The van der Waals surface area contributed by atoms with Crippen LogP contribution < -0.4 is 21.6 Å². The summed E-state index contributed by atoms with van der Waals surface area (Å²) in [5.41, 5.74) is -0.723. The molecule has 2 fully saturated rings. The van der Waals surface area contributed by atoms with Crippen LogP contribution >= 0.6 is 0 Å². The Bertz CT molecular complexity index is 536. The number of hydrogen-bond acceptors (Lipinski definition) is 5. The van der Waals surface area contributed by atoms with Crippen molar-refractivity contribution in [3.63, 3.8) is 0 Å². The van der Waals surface area contributed by atoms with Gasteiger partial charge >= 0.3 is 11.4 Å². The third kappa shape index (κ3) is 2.63. The molecule has 1 saturated carbocycles. The fourth-order valence-corrected chi connectivity index (χ4v) is 3.10. The third-order valence-corrected chi connectivity index (χ3v) is 4.20. The average Bonchev–Trinajstić information content (AvgIpc) is 2.48. The summed E-state index contributed by atoms with van der Waals surface area (Å²) in [6.45, 7) is 3.20. The van der Waals surface area contributed by atoms with Crippen molar-refractivity contribution in [3.8, 4) is 0 Å². The molecule has 0 radical (unpaired) electrons. The van der Waals surface area contributed by atoms with Crippen molar-refractivity contribution in [1.29, 1.82) is 0 Å². The molecule has 2 N–H and O–H groups in total. The van der Waals surface area contributed by atoms with E-state index in [2.05, 4.69) is 15.3 Å². The van der Waals surface area contributed by atoms with Gasteiger partial charge in [0, 0.05) is 32.2 Å². The number of nitrogens with zero attached hydrogens (tertiary/aromatic N) is 3. The van der Waals surface area contributed by atoms with Gasteiger partial charge in [0.05, 0.1) is 0 Å². The van der Waals surface area contributed by atoms with Gasteiger partial charge in [-0.05, 0) is 12.8 Å². The van der Waals surface area contributed by atoms with E-state index in [9.17, 15) is 9.59 Å². The summed E-state index contributed by atoms with van der Waals surface area (Å²) in [6.07, 6.45) is 5.15. The van der Waals surface area contributed by atoms with Crippen LogP contribution in [0.1, 0.15) is 38.1 Å². The van der Waals surface area contributed by atoms with E-state index in [1.165, 1.54) is 11.0 Å². The van der Waals surface area contributed by atoms with Gasteiger partial charge in [0.1, 0.15) is 0 Å². The first-order chi connectivity index (χ1) is 9.75. The molecular weight excluding hydrogens is 258 g/mol. The lowest BCUT2D eigenvalue weighted by molar-refractivity contribution is 0.331. The van der Waals surface area contributed by atoms with E-state index in [1.54, 1.807) is 0 Å². The zero-order valence-electron chi connectivity index (χ0n) is 11.6. The summed E-state index contributed by atoms with van der Waals surface area (Å²) in [4.78, 5) is 33.2. The second kappa shape index (κ2) is 5.78. The molecular formula is C13H21N5O2. The molecule has 1 aliphatic heterocycles. The second-order valence-corrected chi connectivity index (χ2v) is 5.55. The first-order valence-corrected chi connectivity index (χ1v) is 7.44. The van der Waals surface area contributed by atoms with Gasteiger partial charge in [0.15, 0.2) is 0 Å². The van der Waals surface area contributed by atoms with E-state index in [1.807, 2.05) is 4.90 Å². The molecule has 1 aromatic rings. The SMILES string of the molecule is O=c1nc(N2CCNCC2)[nH]c(=O)n1C1CCCCC1. The summed E-state index contributed by atoms with van der Waals surface area (Å²) in [7, 11) is 0. The summed E-state index contributed by atoms with van der Waals surface area (Å²) >= 11 is 0. The van der Waals surface area contributed by atoms with Crippen LogP contribution in [0.5, 0.6) is 0 Å². The molecule has 0 atom stereocenters. The number of aromatic amines is 1. The third-order valence-electron chi connectivity index (χ3n) is 4.20. The Morgan fingerprint density at radius 3 is 2.40 bits per heavy atom. The monoisotopic (exact) mass is 279 g/mol. The van der Waals surface area contributed by atoms with E-state index in [-0.39, 0.29) is 11.7 Å². The Kier molecular flexibility index (Phi) is 3.86. The molecule has 7 heteroatoms. The highest BCUT2D eigenvalue weighted by atomic mass is 16.2. The van der Waals surface area contributed by atoms with E-state index in [0.29, 0.717) is 5.95 Å². The first kappa shape index (κ1) is 13.4. The Balaban J connectivity index is 1.90. The molecule has 1 saturated heterocycles. The highest BCUT2D eigenvalue weighted by Gasteiger charge is 2.21. The topological polar surface area (TPSA) is 83.0 Å². The summed E-state index contributed by atoms with van der Waals surface area (Å²) in [5, 5.41) is 3.23. The van der Waals surface area contributed by atoms with E-state index in [0.717, 1.165) is 51.9 Å². The normalized spacial score (nSPS) is 21.1. The first-order valence-electron chi connectivity index (χ1n) is 7.44. The maximum Gasteiger partial charge on any atom is 0.355 e. The van der Waals surface area contributed by atoms with Crippen LogP contribution in [0, 0.1) is 0 Å². The molecule has 2 heterocycles. The fraction of sp³-hybridized carbons (Fsp3) is 0.769. The summed E-state index contributed by atoms with van der Waals surface area (Å²) in [5.74, 6) is 0.411. The highest BCUT2D eigenvalue weighted by Crippen LogP contribution is 2.25. The van der Waals surface area contributed by atoms with Crippen molar-refractivity contribution >= 4 is 5.95 Å². The van der Waals surface area contributed by atoms with Crippen LogP contribution in [0.15, 0.2) is 9.59 Å². The zero-order valence-corrected chi connectivity index (χ0v) is 11.6. The molecule has 0 spiro atoms. The summed E-state index contributed by atoms with van der Waals surface area (Å²) in [6, 6.07) is 0.0181. The number of hydrogen-bond donors (Lipinski definition) is 2. The minimum absolute atomic E-state index is 0.0181. The number of piperazine rings is 1. The van der Waals surface area contributed by atoms with Crippen LogP contribution in [-0.4, -0.2) is 40.7 Å². The number of H-pyrrole nitrogens is 1. The second-order valence-electron chi connectivity index (χ2n) is 5.55. The Morgan fingerprint density at radius 2 is 1.75 bits per heavy atom. The predicted molar refractivity (Wildman–Crippen MR) is 76.3 cm³/mol. The van der Waals surface area contributed by atoms with E-state index >= 15 is 0 Å². The lowest BCUT2D eigenvalue weighted by atomic mass is 9.95. The maximum atomic E-state index is 12.2. The van der Waals surface area contributed by atoms with Gasteiger partial charge in [-0.2, -0.15) is 4.98 Å². The van der Waals surface area contributed by atoms with Crippen molar-refractivity contribution in [3.05, 3.63) is 21.0 Å². The molecule has 1 aliphatic carbocycles.